The summed E-state index contributed by atoms with van der Waals surface area (Å²) in [4.78, 5) is 13.0. The van der Waals surface area contributed by atoms with Gasteiger partial charge in [-0.25, -0.2) is 4.79 Å². The molecule has 0 saturated heterocycles. The zero-order valence-electron chi connectivity index (χ0n) is 8.29. The fourth-order valence-electron chi connectivity index (χ4n) is 1.15. The number of carbonyl (C=O) groups excluding carboxylic acids is 1. The summed E-state index contributed by atoms with van der Waals surface area (Å²) in [5, 5.41) is 11.7. The number of nitrogens with zero attached hydrogens (tertiary/aromatic N) is 1. The molecule has 1 saturated carbocycles. The first-order chi connectivity index (χ1) is 6.15. The van der Waals surface area contributed by atoms with Gasteiger partial charge in [0.05, 0.1) is 12.6 Å². The fourth-order valence-corrected chi connectivity index (χ4v) is 1.15. The second-order valence-corrected chi connectivity index (χ2v) is 3.72. The molecule has 4 nitrogen and oxygen atoms in total. The number of urea groups is 1. The molecule has 0 radical (unpaired) electrons. The van der Waals surface area contributed by atoms with Gasteiger partial charge in [-0.2, -0.15) is 0 Å². The van der Waals surface area contributed by atoms with Crippen molar-refractivity contribution in [3.05, 3.63) is 0 Å². The summed E-state index contributed by atoms with van der Waals surface area (Å²) < 4.78 is 0. The Hall–Kier alpha value is -0.770. The third kappa shape index (κ3) is 2.59. The lowest BCUT2D eigenvalue weighted by atomic mass is 9.93. The Kier molecular flexibility index (Phi) is 3.54. The lowest BCUT2D eigenvalue weighted by molar-refractivity contribution is 0.150. The maximum atomic E-state index is 11.5. The molecular formula is C9H18N2O2. The molecular weight excluding hydrogens is 168 g/mol. The van der Waals surface area contributed by atoms with Gasteiger partial charge < -0.3 is 15.3 Å². The van der Waals surface area contributed by atoms with Crippen molar-refractivity contribution in [2.24, 2.45) is 0 Å². The highest BCUT2D eigenvalue weighted by atomic mass is 16.3. The predicted molar refractivity (Wildman–Crippen MR) is 50.5 cm³/mol. The lowest BCUT2D eigenvalue weighted by Gasteiger charge is -2.31. The van der Waals surface area contributed by atoms with Crippen LogP contribution in [0.3, 0.4) is 0 Å². The average molecular weight is 186 g/mol. The van der Waals surface area contributed by atoms with Crippen LogP contribution < -0.4 is 5.32 Å². The Labute approximate surface area is 78.9 Å². The smallest absolute Gasteiger partial charge is 0.317 e. The van der Waals surface area contributed by atoms with Crippen LogP contribution in [0.5, 0.6) is 0 Å². The fraction of sp³-hybridized carbons (Fsp3) is 0.889. The number of rotatable bonds is 3. The molecule has 76 valence electrons. The van der Waals surface area contributed by atoms with E-state index in [1.165, 1.54) is 6.42 Å². The first-order valence-electron chi connectivity index (χ1n) is 4.79. The minimum Gasteiger partial charge on any atom is -0.394 e. The number of aliphatic hydroxyl groups is 1. The molecule has 0 aromatic carbocycles. The first-order valence-corrected chi connectivity index (χ1v) is 4.79. The van der Waals surface area contributed by atoms with Gasteiger partial charge in [0.15, 0.2) is 0 Å². The van der Waals surface area contributed by atoms with Crippen molar-refractivity contribution in [3.8, 4) is 0 Å². The first kappa shape index (κ1) is 10.3. The Morgan fingerprint density at radius 2 is 2.31 bits per heavy atom. The van der Waals surface area contributed by atoms with Gasteiger partial charge in [-0.1, -0.05) is 0 Å². The van der Waals surface area contributed by atoms with Crippen molar-refractivity contribution in [2.45, 2.75) is 38.3 Å². The molecule has 0 bridgehead atoms. The van der Waals surface area contributed by atoms with Gasteiger partial charge in [-0.15, -0.1) is 0 Å². The van der Waals surface area contributed by atoms with E-state index in [4.69, 9.17) is 5.11 Å². The summed E-state index contributed by atoms with van der Waals surface area (Å²) in [6, 6.07) is 0.173. The Morgan fingerprint density at radius 1 is 1.69 bits per heavy atom. The molecule has 2 amide bonds. The van der Waals surface area contributed by atoms with Gasteiger partial charge in [-0.3, -0.25) is 0 Å². The number of hydrogen-bond donors (Lipinski definition) is 2. The second kappa shape index (κ2) is 4.46. The highest BCUT2D eigenvalue weighted by molar-refractivity contribution is 5.74. The van der Waals surface area contributed by atoms with E-state index < -0.39 is 0 Å². The van der Waals surface area contributed by atoms with Crippen molar-refractivity contribution < 1.29 is 9.90 Å². The van der Waals surface area contributed by atoms with E-state index in [1.54, 1.807) is 11.9 Å². The minimum atomic E-state index is -0.111. The van der Waals surface area contributed by atoms with Crippen LogP contribution in [0.25, 0.3) is 0 Å². The zero-order chi connectivity index (χ0) is 9.84. The summed E-state index contributed by atoms with van der Waals surface area (Å²) in [7, 11) is 1.70. The third-order valence-corrected chi connectivity index (χ3v) is 2.68. The van der Waals surface area contributed by atoms with E-state index in [9.17, 15) is 4.79 Å². The van der Waals surface area contributed by atoms with Crippen LogP contribution in [-0.2, 0) is 0 Å². The standard InChI is InChI=1S/C9H18N2O2/c1-7(6-12)11(2)9(13)10-8-4-3-5-8/h7-8,12H,3-6H2,1-2H3,(H,10,13). The lowest BCUT2D eigenvalue weighted by Crippen LogP contribution is -2.49. The van der Waals surface area contributed by atoms with Crippen LogP contribution in [0, 0.1) is 0 Å². The molecule has 13 heavy (non-hydrogen) atoms. The third-order valence-electron chi connectivity index (χ3n) is 2.68. The van der Waals surface area contributed by atoms with Gasteiger partial charge in [0.2, 0.25) is 0 Å². The minimum absolute atomic E-state index is 0.00852. The van der Waals surface area contributed by atoms with Crippen LogP contribution in [0.15, 0.2) is 0 Å². The Morgan fingerprint density at radius 3 is 2.69 bits per heavy atom. The SMILES string of the molecule is CC(CO)N(C)C(=O)NC1CCC1. The van der Waals surface area contributed by atoms with Crippen molar-refractivity contribution in [2.75, 3.05) is 13.7 Å². The molecule has 0 heterocycles. The van der Waals surface area contributed by atoms with E-state index in [0.717, 1.165) is 12.8 Å². The van der Waals surface area contributed by atoms with Crippen molar-refractivity contribution >= 4 is 6.03 Å². The highest BCUT2D eigenvalue weighted by Gasteiger charge is 2.22. The molecule has 4 heteroatoms. The number of aliphatic hydroxyl groups excluding tert-OH is 1. The van der Waals surface area contributed by atoms with Crippen LogP contribution in [0.2, 0.25) is 0 Å². The van der Waals surface area contributed by atoms with E-state index in [0.29, 0.717) is 6.04 Å². The number of likely N-dealkylation sites (N-methyl/N-ethyl adjacent to an activating group) is 1. The van der Waals surface area contributed by atoms with Crippen molar-refractivity contribution in [3.63, 3.8) is 0 Å². The Bertz CT molecular complexity index is 180. The molecule has 1 aliphatic carbocycles. The van der Waals surface area contributed by atoms with Crippen LogP contribution in [0.1, 0.15) is 26.2 Å². The molecule has 1 atom stereocenters. The van der Waals surface area contributed by atoms with E-state index in [-0.39, 0.29) is 18.7 Å². The molecule has 0 spiro atoms. The summed E-state index contributed by atoms with van der Waals surface area (Å²) in [6.07, 6.45) is 3.39. The molecule has 1 aliphatic rings. The molecule has 1 fully saturated rings. The largest absolute Gasteiger partial charge is 0.394 e. The topological polar surface area (TPSA) is 52.6 Å². The molecule has 0 aromatic rings. The van der Waals surface area contributed by atoms with Gasteiger partial charge in [0.25, 0.3) is 0 Å². The molecule has 1 unspecified atom stereocenters. The van der Waals surface area contributed by atoms with E-state index in [2.05, 4.69) is 5.32 Å². The van der Waals surface area contributed by atoms with Crippen LogP contribution in [-0.4, -0.2) is 41.8 Å². The molecule has 2 N–H and O–H groups in total. The second-order valence-electron chi connectivity index (χ2n) is 3.72. The normalized spacial score (nSPS) is 19.0. The highest BCUT2D eigenvalue weighted by Crippen LogP contribution is 2.18. The summed E-state index contributed by atoms with van der Waals surface area (Å²) >= 11 is 0. The monoisotopic (exact) mass is 186 g/mol. The van der Waals surface area contributed by atoms with E-state index >= 15 is 0 Å². The van der Waals surface area contributed by atoms with Gasteiger partial charge in [0, 0.05) is 13.1 Å². The van der Waals surface area contributed by atoms with E-state index in [1.807, 2.05) is 6.92 Å². The number of carbonyl (C=O) groups is 1. The van der Waals surface area contributed by atoms with Crippen LogP contribution >= 0.6 is 0 Å². The van der Waals surface area contributed by atoms with Gasteiger partial charge in [0.1, 0.15) is 0 Å². The molecule has 1 rings (SSSR count). The maximum Gasteiger partial charge on any atom is 0.317 e. The summed E-state index contributed by atoms with van der Waals surface area (Å²) in [6.45, 7) is 1.83. The predicted octanol–water partition coefficient (Wildman–Crippen LogP) is 0.561. The molecule has 0 aromatic heterocycles. The molecule has 0 aliphatic heterocycles. The maximum absolute atomic E-state index is 11.5. The van der Waals surface area contributed by atoms with Crippen LogP contribution in [0.4, 0.5) is 4.79 Å². The van der Waals surface area contributed by atoms with Gasteiger partial charge in [-0.05, 0) is 26.2 Å². The quantitative estimate of drug-likeness (QED) is 0.676. The number of hydrogen-bond acceptors (Lipinski definition) is 2. The number of amides is 2. The van der Waals surface area contributed by atoms with Crippen molar-refractivity contribution in [1.82, 2.24) is 10.2 Å². The zero-order valence-corrected chi connectivity index (χ0v) is 8.29. The summed E-state index contributed by atoms with van der Waals surface area (Å²) in [5.41, 5.74) is 0. The average Bonchev–Trinajstić information content (AvgIpc) is 2.08. The summed E-state index contributed by atoms with van der Waals surface area (Å²) in [5.74, 6) is 0. The number of nitrogens with one attached hydrogen (secondary N) is 1. The van der Waals surface area contributed by atoms with Gasteiger partial charge >= 0.3 is 6.03 Å². The van der Waals surface area contributed by atoms with Crippen molar-refractivity contribution in [1.29, 1.82) is 0 Å². The Balaban J connectivity index is 2.28.